The molecule has 0 fully saturated rings. The number of nitrogens with zero attached hydrogens (tertiary/aromatic N) is 2. The Labute approximate surface area is 184 Å². The first-order valence-corrected chi connectivity index (χ1v) is 9.81. The molecule has 9 heteroatoms. The highest BCUT2D eigenvalue weighted by Gasteiger charge is 2.16. The number of amides is 1. The second-order valence-electron chi connectivity index (χ2n) is 6.62. The first kappa shape index (κ1) is 22.2. The van der Waals surface area contributed by atoms with Gasteiger partial charge < -0.3 is 24.2 Å². The van der Waals surface area contributed by atoms with Crippen LogP contribution in [-0.2, 0) is 16.2 Å². The second kappa shape index (κ2) is 10.5. The highest BCUT2D eigenvalue weighted by molar-refractivity contribution is 6.30. The molecule has 0 aliphatic carbocycles. The van der Waals surface area contributed by atoms with E-state index in [1.54, 1.807) is 45.2 Å². The molecule has 0 saturated carbocycles. The Morgan fingerprint density at radius 1 is 1.23 bits per heavy atom. The zero-order chi connectivity index (χ0) is 22.2. The molecule has 0 radical (unpaired) electrons. The Balaban J connectivity index is 1.55. The first-order valence-electron chi connectivity index (χ1n) is 9.43. The van der Waals surface area contributed by atoms with Gasteiger partial charge in [0, 0.05) is 16.7 Å². The predicted molar refractivity (Wildman–Crippen MR) is 117 cm³/mol. The van der Waals surface area contributed by atoms with Crippen molar-refractivity contribution in [2.75, 3.05) is 12.4 Å². The van der Waals surface area contributed by atoms with Crippen molar-refractivity contribution in [3.63, 3.8) is 0 Å². The Bertz CT molecular complexity index is 1050. The highest BCUT2D eigenvalue weighted by Crippen LogP contribution is 2.28. The summed E-state index contributed by atoms with van der Waals surface area (Å²) in [7, 11) is 1.56. The maximum Gasteiger partial charge on any atom is 0.269 e. The average molecular weight is 444 g/mol. The molecule has 0 spiro atoms. The quantitative estimate of drug-likeness (QED) is 0.383. The summed E-state index contributed by atoms with van der Waals surface area (Å²) in [5, 5.41) is 10.8. The van der Waals surface area contributed by atoms with Crippen molar-refractivity contribution < 1.29 is 23.6 Å². The normalized spacial score (nSPS) is 11.9. The fraction of sp³-hybridized carbons (Fsp3) is 0.227. The first-order chi connectivity index (χ1) is 14.9. The van der Waals surface area contributed by atoms with Crippen LogP contribution in [0.25, 0.3) is 0 Å². The van der Waals surface area contributed by atoms with Crippen LogP contribution in [0, 0.1) is 6.92 Å². The Kier molecular flexibility index (Phi) is 7.50. The van der Waals surface area contributed by atoms with Crippen LogP contribution in [0.4, 0.5) is 5.82 Å². The lowest BCUT2D eigenvalue weighted by Crippen LogP contribution is -2.26. The summed E-state index contributed by atoms with van der Waals surface area (Å²) in [4.78, 5) is 17.3. The van der Waals surface area contributed by atoms with E-state index in [9.17, 15) is 4.79 Å². The molecule has 1 amide bonds. The van der Waals surface area contributed by atoms with Crippen molar-refractivity contribution >= 4 is 29.5 Å². The number of aryl methyl sites for hydroxylation is 1. The van der Waals surface area contributed by atoms with Gasteiger partial charge in [0.15, 0.2) is 17.3 Å². The van der Waals surface area contributed by atoms with Gasteiger partial charge in [0.05, 0.1) is 13.3 Å². The van der Waals surface area contributed by atoms with Crippen LogP contribution in [-0.4, -0.2) is 30.5 Å². The van der Waals surface area contributed by atoms with Crippen LogP contribution in [0.15, 0.2) is 58.2 Å². The minimum Gasteiger partial charge on any atom is -0.493 e. The number of halogens is 1. The predicted octanol–water partition coefficient (Wildman–Crippen LogP) is 4.60. The Morgan fingerprint density at radius 3 is 2.68 bits per heavy atom. The number of aromatic nitrogens is 1. The molecule has 0 aliphatic heterocycles. The van der Waals surface area contributed by atoms with Crippen LogP contribution >= 0.6 is 11.6 Å². The number of nitrogens with one attached hydrogen (secondary N) is 1. The van der Waals surface area contributed by atoms with Gasteiger partial charge in [-0.2, -0.15) is 0 Å². The maximum atomic E-state index is 12.1. The van der Waals surface area contributed by atoms with E-state index in [1.165, 1.54) is 6.21 Å². The lowest BCUT2D eigenvalue weighted by Gasteiger charge is -2.11. The maximum absolute atomic E-state index is 12.1. The molecule has 31 heavy (non-hydrogen) atoms. The fourth-order valence-electron chi connectivity index (χ4n) is 2.51. The standard InChI is InChI=1S/C22H22ClN3O5/c1-14-10-21(26-30-14)25-22(27)15(2)31-24-12-17-6-9-19(20(11-17)28-3)29-13-16-4-7-18(23)8-5-16/h4-12,15H,13H2,1-3H3,(H,25,26,27)/b24-12+. The number of ether oxygens (including phenoxy) is 2. The summed E-state index contributed by atoms with van der Waals surface area (Å²) in [6.45, 7) is 3.69. The highest BCUT2D eigenvalue weighted by atomic mass is 35.5. The topological polar surface area (TPSA) is 95.2 Å². The average Bonchev–Trinajstić information content (AvgIpc) is 3.18. The van der Waals surface area contributed by atoms with E-state index in [2.05, 4.69) is 15.6 Å². The van der Waals surface area contributed by atoms with Crippen molar-refractivity contribution in [2.45, 2.75) is 26.6 Å². The van der Waals surface area contributed by atoms with Gasteiger partial charge in [-0.15, -0.1) is 0 Å². The van der Waals surface area contributed by atoms with Crippen LogP contribution in [0.1, 0.15) is 23.8 Å². The van der Waals surface area contributed by atoms with Gasteiger partial charge >= 0.3 is 0 Å². The fourth-order valence-corrected chi connectivity index (χ4v) is 2.64. The number of carbonyl (C=O) groups excluding carboxylic acids is 1. The van der Waals surface area contributed by atoms with Crippen molar-refractivity contribution in [3.8, 4) is 11.5 Å². The molecule has 1 N–H and O–H groups in total. The molecular weight excluding hydrogens is 422 g/mol. The van der Waals surface area contributed by atoms with Gasteiger partial charge in [-0.25, -0.2) is 0 Å². The van der Waals surface area contributed by atoms with Gasteiger partial charge in [-0.3, -0.25) is 4.79 Å². The zero-order valence-electron chi connectivity index (χ0n) is 17.3. The smallest absolute Gasteiger partial charge is 0.269 e. The third kappa shape index (κ3) is 6.48. The van der Waals surface area contributed by atoms with Crippen molar-refractivity contribution in [3.05, 3.63) is 70.4 Å². The van der Waals surface area contributed by atoms with Crippen LogP contribution in [0.2, 0.25) is 5.02 Å². The zero-order valence-corrected chi connectivity index (χ0v) is 18.1. The molecule has 3 aromatic rings. The summed E-state index contributed by atoms with van der Waals surface area (Å²) in [5.74, 6) is 1.66. The van der Waals surface area contributed by atoms with Crippen molar-refractivity contribution in [1.82, 2.24) is 5.16 Å². The molecular formula is C22H22ClN3O5. The molecule has 0 aliphatic rings. The minimum absolute atomic E-state index is 0.320. The molecule has 2 aromatic carbocycles. The van der Waals surface area contributed by atoms with E-state index in [0.717, 1.165) is 11.1 Å². The third-order valence-electron chi connectivity index (χ3n) is 4.16. The lowest BCUT2D eigenvalue weighted by atomic mass is 10.2. The molecule has 0 bridgehead atoms. The summed E-state index contributed by atoms with van der Waals surface area (Å²) in [6.07, 6.45) is 0.660. The third-order valence-corrected chi connectivity index (χ3v) is 4.42. The van der Waals surface area contributed by atoms with Crippen molar-refractivity contribution in [1.29, 1.82) is 0 Å². The molecule has 8 nitrogen and oxygen atoms in total. The number of hydrogen-bond acceptors (Lipinski definition) is 7. The molecule has 3 rings (SSSR count). The van der Waals surface area contributed by atoms with E-state index in [4.69, 9.17) is 30.4 Å². The summed E-state index contributed by atoms with van der Waals surface area (Å²) in [6, 6.07) is 14.4. The number of rotatable bonds is 9. The minimum atomic E-state index is -0.822. The second-order valence-corrected chi connectivity index (χ2v) is 7.06. The number of oxime groups is 1. The summed E-state index contributed by atoms with van der Waals surface area (Å²) >= 11 is 5.90. The van der Waals surface area contributed by atoms with E-state index in [0.29, 0.717) is 34.7 Å². The van der Waals surface area contributed by atoms with Crippen LogP contribution < -0.4 is 14.8 Å². The SMILES string of the molecule is COc1cc(/C=N/OC(C)C(=O)Nc2cc(C)on2)ccc1OCc1ccc(Cl)cc1. The lowest BCUT2D eigenvalue weighted by molar-refractivity contribution is -0.126. The molecule has 1 atom stereocenters. The largest absolute Gasteiger partial charge is 0.493 e. The number of methoxy groups -OCH3 is 1. The van der Waals surface area contributed by atoms with E-state index >= 15 is 0 Å². The summed E-state index contributed by atoms with van der Waals surface area (Å²) < 4.78 is 16.1. The number of benzene rings is 2. The molecule has 1 unspecified atom stereocenters. The molecule has 162 valence electrons. The number of anilines is 1. The van der Waals surface area contributed by atoms with Gasteiger partial charge in [0.1, 0.15) is 12.4 Å². The van der Waals surface area contributed by atoms with E-state index in [1.807, 2.05) is 24.3 Å². The van der Waals surface area contributed by atoms with Crippen LogP contribution in [0.5, 0.6) is 11.5 Å². The van der Waals surface area contributed by atoms with Crippen molar-refractivity contribution in [2.24, 2.45) is 5.16 Å². The van der Waals surface area contributed by atoms with E-state index < -0.39 is 12.0 Å². The molecule has 1 aromatic heterocycles. The molecule has 1 heterocycles. The number of hydrogen-bond donors (Lipinski definition) is 1. The summed E-state index contributed by atoms with van der Waals surface area (Å²) in [5.41, 5.74) is 1.70. The van der Waals surface area contributed by atoms with Gasteiger partial charge in [-0.1, -0.05) is 34.0 Å². The van der Waals surface area contributed by atoms with E-state index in [-0.39, 0.29) is 0 Å². The van der Waals surface area contributed by atoms with Crippen LogP contribution in [0.3, 0.4) is 0 Å². The van der Waals surface area contributed by atoms with Gasteiger partial charge in [0.2, 0.25) is 6.10 Å². The monoisotopic (exact) mass is 443 g/mol. The Morgan fingerprint density at radius 2 is 2.00 bits per heavy atom. The Hall–Kier alpha value is -3.52. The van der Waals surface area contributed by atoms with Gasteiger partial charge in [0.25, 0.3) is 5.91 Å². The number of carbonyl (C=O) groups is 1. The van der Waals surface area contributed by atoms with Gasteiger partial charge in [-0.05, 0) is 49.7 Å². The molecule has 0 saturated heterocycles.